The number of nitrogens with zero attached hydrogens (tertiary/aromatic N) is 1. The number of benzene rings is 3. The quantitative estimate of drug-likeness (QED) is 0.383. The molecule has 1 N–H and O–H groups in total. The van der Waals surface area contributed by atoms with Gasteiger partial charge in [-0.3, -0.25) is 9.79 Å². The Morgan fingerprint density at radius 1 is 0.880 bits per heavy atom. The number of hydrogen-bond acceptors (Lipinski definition) is 3. The van der Waals surface area contributed by atoms with E-state index in [1.54, 1.807) is 24.4 Å². The summed E-state index contributed by atoms with van der Waals surface area (Å²) in [6.07, 6.45) is 1.58. The van der Waals surface area contributed by atoms with Gasteiger partial charge in [0.15, 0.2) is 5.78 Å². The maximum absolute atomic E-state index is 12.6. The number of phenols is 1. The lowest BCUT2D eigenvalue weighted by molar-refractivity contribution is 0.104. The fourth-order valence-electron chi connectivity index (χ4n) is 2.92. The van der Waals surface area contributed by atoms with Crippen molar-refractivity contribution in [1.29, 1.82) is 0 Å². The lowest BCUT2D eigenvalue weighted by atomic mass is 10.1. The van der Waals surface area contributed by atoms with Crippen molar-refractivity contribution in [2.75, 3.05) is 0 Å². The Balaban J connectivity index is 1.72. The van der Waals surface area contributed by atoms with Gasteiger partial charge >= 0.3 is 0 Å². The van der Waals surface area contributed by atoms with E-state index in [1.807, 2.05) is 36.4 Å². The largest absolute Gasteiger partial charge is 0.506 e. The monoisotopic (exact) mass is 455 g/mol. The lowest BCUT2D eigenvalue weighted by Gasteiger charge is -2.03. The highest BCUT2D eigenvalue weighted by molar-refractivity contribution is 9.11. The maximum Gasteiger partial charge on any atom is 0.194 e. The van der Waals surface area contributed by atoms with Crippen LogP contribution < -0.4 is 0 Å². The van der Waals surface area contributed by atoms with Crippen LogP contribution in [0.3, 0.4) is 0 Å². The predicted octanol–water partition coefficient (Wildman–Crippen LogP) is 5.88. The minimum atomic E-state index is 0.0238. The minimum absolute atomic E-state index is 0.0238. The Morgan fingerprint density at radius 3 is 2.40 bits per heavy atom. The highest BCUT2D eigenvalue weighted by Crippen LogP contribution is 2.38. The molecule has 3 aromatic rings. The SMILES string of the molecule is O=C1c2ccccc2-c2ccc(N=Cc3cc(Br)cc(Br)c3O)cc21. The van der Waals surface area contributed by atoms with Crippen LogP contribution in [-0.4, -0.2) is 17.1 Å². The first-order valence-corrected chi connectivity index (χ1v) is 9.13. The molecular formula is C20H11Br2NO2. The summed E-state index contributed by atoms with van der Waals surface area (Å²) in [4.78, 5) is 17.0. The molecule has 122 valence electrons. The van der Waals surface area contributed by atoms with Gasteiger partial charge in [-0.25, -0.2) is 0 Å². The number of rotatable bonds is 2. The van der Waals surface area contributed by atoms with Gasteiger partial charge in [-0.05, 0) is 51.3 Å². The number of carbonyl (C=O) groups is 1. The van der Waals surface area contributed by atoms with E-state index in [1.165, 1.54) is 0 Å². The third kappa shape index (κ3) is 2.83. The molecule has 1 aliphatic rings. The molecule has 0 bridgehead atoms. The number of ketones is 1. The molecule has 0 spiro atoms. The summed E-state index contributed by atoms with van der Waals surface area (Å²) in [6, 6.07) is 16.7. The van der Waals surface area contributed by atoms with Gasteiger partial charge in [-0.1, -0.05) is 46.3 Å². The van der Waals surface area contributed by atoms with Crippen molar-refractivity contribution in [3.63, 3.8) is 0 Å². The number of hydrogen-bond donors (Lipinski definition) is 1. The van der Waals surface area contributed by atoms with Gasteiger partial charge in [-0.2, -0.15) is 0 Å². The summed E-state index contributed by atoms with van der Waals surface area (Å²) in [6.45, 7) is 0. The summed E-state index contributed by atoms with van der Waals surface area (Å²) >= 11 is 6.69. The fourth-order valence-corrected chi connectivity index (χ4v) is 4.18. The van der Waals surface area contributed by atoms with Crippen LogP contribution in [0.1, 0.15) is 21.5 Å². The van der Waals surface area contributed by atoms with E-state index < -0.39 is 0 Å². The molecule has 0 atom stereocenters. The van der Waals surface area contributed by atoms with Crippen LogP contribution in [0.15, 0.2) is 68.5 Å². The molecule has 0 amide bonds. The van der Waals surface area contributed by atoms with Crippen LogP contribution in [0.4, 0.5) is 5.69 Å². The number of halogens is 2. The molecular weight excluding hydrogens is 446 g/mol. The van der Waals surface area contributed by atoms with Crippen LogP contribution in [0.2, 0.25) is 0 Å². The predicted molar refractivity (Wildman–Crippen MR) is 106 cm³/mol. The van der Waals surface area contributed by atoms with Crippen LogP contribution in [-0.2, 0) is 0 Å². The highest BCUT2D eigenvalue weighted by Gasteiger charge is 2.26. The van der Waals surface area contributed by atoms with E-state index >= 15 is 0 Å². The lowest BCUT2D eigenvalue weighted by Crippen LogP contribution is -1.94. The maximum atomic E-state index is 12.6. The topological polar surface area (TPSA) is 49.7 Å². The third-order valence-corrected chi connectivity index (χ3v) is 5.18. The van der Waals surface area contributed by atoms with E-state index in [4.69, 9.17) is 0 Å². The van der Waals surface area contributed by atoms with Crippen LogP contribution >= 0.6 is 31.9 Å². The molecule has 0 radical (unpaired) electrons. The van der Waals surface area contributed by atoms with E-state index in [-0.39, 0.29) is 11.5 Å². The first-order valence-electron chi connectivity index (χ1n) is 7.55. The van der Waals surface area contributed by atoms with Crippen LogP contribution in [0.25, 0.3) is 11.1 Å². The summed E-state index contributed by atoms with van der Waals surface area (Å²) in [5.41, 5.74) is 4.54. The summed E-state index contributed by atoms with van der Waals surface area (Å²) < 4.78 is 1.42. The van der Waals surface area contributed by atoms with Crippen LogP contribution in [0.5, 0.6) is 5.75 Å². The van der Waals surface area contributed by atoms with Crippen molar-refractivity contribution in [3.8, 4) is 16.9 Å². The molecule has 3 aromatic carbocycles. The molecule has 3 nitrogen and oxygen atoms in total. The first kappa shape index (κ1) is 16.2. The molecule has 5 heteroatoms. The Kier molecular flexibility index (Phi) is 4.06. The molecule has 0 fully saturated rings. The molecule has 4 rings (SSSR count). The zero-order chi connectivity index (χ0) is 17.6. The number of aliphatic imine (C=N–C) groups is 1. The van der Waals surface area contributed by atoms with Gasteiger partial charge in [0, 0.05) is 27.4 Å². The standard InChI is InChI=1S/C20H11Br2NO2/c21-12-7-11(19(24)18(22)8-12)10-23-13-5-6-15-14-3-1-2-4-16(14)20(25)17(15)9-13/h1-10,24H. The molecule has 0 heterocycles. The van der Waals surface area contributed by atoms with Crippen LogP contribution in [0, 0.1) is 0 Å². The molecule has 0 aliphatic heterocycles. The second-order valence-corrected chi connectivity index (χ2v) is 7.46. The van der Waals surface area contributed by atoms with Crippen molar-refractivity contribution in [2.45, 2.75) is 0 Å². The molecule has 1 aliphatic carbocycles. The summed E-state index contributed by atoms with van der Waals surface area (Å²) in [5, 5.41) is 10.1. The highest BCUT2D eigenvalue weighted by atomic mass is 79.9. The number of aromatic hydroxyl groups is 1. The normalized spacial score (nSPS) is 12.5. The summed E-state index contributed by atoms with van der Waals surface area (Å²) in [7, 11) is 0. The van der Waals surface area contributed by atoms with Crippen molar-refractivity contribution in [2.24, 2.45) is 4.99 Å². The second-order valence-electron chi connectivity index (χ2n) is 5.69. The van der Waals surface area contributed by atoms with Gasteiger partial charge in [0.2, 0.25) is 0 Å². The number of carbonyl (C=O) groups excluding carboxylic acids is 1. The first-order chi connectivity index (χ1) is 12.0. The fraction of sp³-hybridized carbons (Fsp3) is 0. The third-order valence-electron chi connectivity index (χ3n) is 4.12. The smallest absolute Gasteiger partial charge is 0.194 e. The average molecular weight is 457 g/mol. The molecule has 0 unspecified atom stereocenters. The minimum Gasteiger partial charge on any atom is -0.506 e. The van der Waals surface area contributed by atoms with Crippen molar-refractivity contribution in [1.82, 2.24) is 0 Å². The Morgan fingerprint density at radius 2 is 1.60 bits per heavy atom. The Bertz CT molecular complexity index is 1060. The van der Waals surface area contributed by atoms with Gasteiger partial charge in [0.25, 0.3) is 0 Å². The van der Waals surface area contributed by atoms with Crippen molar-refractivity contribution in [3.05, 3.63) is 80.2 Å². The Labute approximate surface area is 161 Å². The number of fused-ring (bicyclic) bond motifs is 3. The van der Waals surface area contributed by atoms with Gasteiger partial charge < -0.3 is 5.11 Å². The van der Waals surface area contributed by atoms with E-state index in [0.29, 0.717) is 21.3 Å². The molecule has 0 saturated carbocycles. The van der Waals surface area contributed by atoms with Gasteiger partial charge in [-0.15, -0.1) is 0 Å². The molecule has 0 aromatic heterocycles. The summed E-state index contributed by atoms with van der Waals surface area (Å²) in [5.74, 6) is 0.146. The van der Waals surface area contributed by atoms with E-state index in [0.717, 1.165) is 21.2 Å². The zero-order valence-corrected chi connectivity index (χ0v) is 16.0. The Hall–Kier alpha value is -2.24. The van der Waals surface area contributed by atoms with E-state index in [9.17, 15) is 9.90 Å². The van der Waals surface area contributed by atoms with Gasteiger partial charge in [0.05, 0.1) is 10.2 Å². The van der Waals surface area contributed by atoms with Crippen molar-refractivity contribution < 1.29 is 9.90 Å². The average Bonchev–Trinajstić information content (AvgIpc) is 2.89. The van der Waals surface area contributed by atoms with Gasteiger partial charge in [0.1, 0.15) is 5.75 Å². The molecule has 25 heavy (non-hydrogen) atoms. The zero-order valence-electron chi connectivity index (χ0n) is 12.8. The number of phenolic OH excluding ortho intramolecular Hbond substituents is 1. The van der Waals surface area contributed by atoms with Crippen molar-refractivity contribution >= 4 is 49.5 Å². The van der Waals surface area contributed by atoms with E-state index in [2.05, 4.69) is 36.9 Å². The molecule has 0 saturated heterocycles. The second kappa shape index (κ2) is 6.24.